The maximum absolute atomic E-state index is 15.1. The monoisotopic (exact) mass is 394 g/mol. The molecule has 0 aliphatic carbocycles. The number of nitriles is 1. The van der Waals surface area contributed by atoms with Crippen LogP contribution in [0.5, 0.6) is 5.75 Å². The van der Waals surface area contributed by atoms with Gasteiger partial charge in [-0.1, -0.05) is 6.08 Å². The second-order valence-electron chi connectivity index (χ2n) is 5.86. The lowest BCUT2D eigenvalue weighted by Crippen LogP contribution is -2.41. The first kappa shape index (κ1) is 18.5. The molecule has 10 nitrogen and oxygen atoms in total. The largest absolute Gasteiger partial charge is 0.506 e. The topological polar surface area (TPSA) is 150 Å². The number of nitrogens with one attached hydrogen (secondary N) is 3. The fourth-order valence-electron chi connectivity index (χ4n) is 2.95. The summed E-state index contributed by atoms with van der Waals surface area (Å²) in [4.78, 5) is 12.9. The van der Waals surface area contributed by atoms with Crippen LogP contribution in [0.25, 0.3) is 5.57 Å². The van der Waals surface area contributed by atoms with Crippen molar-refractivity contribution in [1.29, 1.82) is 10.7 Å². The van der Waals surface area contributed by atoms with E-state index < -0.39 is 39.9 Å². The number of nitrogens with zero attached hydrogens (tertiary/aromatic N) is 3. The minimum absolute atomic E-state index is 0.0341. The van der Waals surface area contributed by atoms with E-state index in [4.69, 9.17) is 10.7 Å². The third-order valence-corrected chi connectivity index (χ3v) is 5.53. The Hall–Kier alpha value is -3.33. The van der Waals surface area contributed by atoms with Crippen LogP contribution in [0.4, 0.5) is 10.1 Å². The summed E-state index contributed by atoms with van der Waals surface area (Å²) in [5.41, 5.74) is -0.124. The number of aromatic hydroxyl groups is 1. The molecule has 2 aliphatic rings. The van der Waals surface area contributed by atoms with Crippen molar-refractivity contribution >= 4 is 33.3 Å². The quantitative estimate of drug-likeness (QED) is 0.235. The number of halogens is 1. The van der Waals surface area contributed by atoms with Gasteiger partial charge in [0.1, 0.15) is 18.0 Å². The lowest BCUT2D eigenvalue weighted by molar-refractivity contribution is -0.117. The van der Waals surface area contributed by atoms with Crippen LogP contribution in [0.3, 0.4) is 0 Å². The molecule has 1 fully saturated rings. The molecule has 4 N–H and O–H groups in total. The smallest absolute Gasteiger partial charge is 0.326 e. The fraction of sp³-hybridized carbons (Fsp3) is 0.267. The number of benzene rings is 1. The average molecular weight is 394 g/mol. The first-order valence-electron chi connectivity index (χ1n) is 7.77. The van der Waals surface area contributed by atoms with Crippen LogP contribution < -0.4 is 14.3 Å². The minimum atomic E-state index is -4.29. The zero-order valence-electron chi connectivity index (χ0n) is 13.9. The Labute approximate surface area is 154 Å². The van der Waals surface area contributed by atoms with E-state index >= 15 is 4.39 Å². The molecule has 1 saturated heterocycles. The summed E-state index contributed by atoms with van der Waals surface area (Å²) in [6, 6.07) is 2.44. The van der Waals surface area contributed by atoms with Gasteiger partial charge in [0.15, 0.2) is 12.0 Å². The summed E-state index contributed by atoms with van der Waals surface area (Å²) in [6.45, 7) is -0.0841. The van der Waals surface area contributed by atoms with E-state index in [1.165, 1.54) is 11.0 Å². The molecule has 0 bridgehead atoms. The van der Waals surface area contributed by atoms with Gasteiger partial charge in [-0.25, -0.2) is 13.4 Å². The van der Waals surface area contributed by atoms with E-state index in [9.17, 15) is 18.3 Å². The molecule has 142 valence electrons. The molecule has 0 saturated carbocycles. The van der Waals surface area contributed by atoms with E-state index in [0.29, 0.717) is 22.8 Å². The number of rotatable bonds is 2. The summed E-state index contributed by atoms with van der Waals surface area (Å²) < 4.78 is 41.3. The molecule has 0 atom stereocenters. The normalized spacial score (nSPS) is 18.5. The first-order chi connectivity index (χ1) is 12.7. The van der Waals surface area contributed by atoms with Crippen molar-refractivity contribution in [2.45, 2.75) is 6.42 Å². The number of anilines is 1. The highest BCUT2D eigenvalue weighted by atomic mass is 32.2. The van der Waals surface area contributed by atoms with Crippen LogP contribution in [0, 0.1) is 22.7 Å². The summed E-state index contributed by atoms with van der Waals surface area (Å²) in [7, 11) is -4.29. The van der Waals surface area contributed by atoms with Crippen LogP contribution in [0.2, 0.25) is 0 Å². The van der Waals surface area contributed by atoms with Crippen molar-refractivity contribution in [3.05, 3.63) is 29.6 Å². The predicted molar refractivity (Wildman–Crippen MR) is 93.1 cm³/mol. The van der Waals surface area contributed by atoms with Gasteiger partial charge in [-0.3, -0.25) is 15.5 Å². The highest BCUT2D eigenvalue weighted by Crippen LogP contribution is 2.37. The van der Waals surface area contributed by atoms with Crippen molar-refractivity contribution in [3.63, 3.8) is 0 Å². The molecule has 1 aromatic rings. The number of carbonyl (C=O) groups is 1. The van der Waals surface area contributed by atoms with Gasteiger partial charge in [0, 0.05) is 18.7 Å². The molecule has 1 aromatic carbocycles. The Morgan fingerprint density at radius 2 is 2.15 bits per heavy atom. The van der Waals surface area contributed by atoms with Gasteiger partial charge >= 0.3 is 10.2 Å². The van der Waals surface area contributed by atoms with Crippen LogP contribution in [0.15, 0.2) is 18.2 Å². The predicted octanol–water partition coefficient (Wildman–Crippen LogP) is -0.193. The zero-order valence-corrected chi connectivity index (χ0v) is 14.7. The van der Waals surface area contributed by atoms with Crippen molar-refractivity contribution in [3.8, 4) is 11.9 Å². The minimum Gasteiger partial charge on any atom is -0.506 e. The van der Waals surface area contributed by atoms with Crippen molar-refractivity contribution < 1.29 is 22.7 Å². The van der Waals surface area contributed by atoms with E-state index in [-0.39, 0.29) is 18.1 Å². The molecule has 0 unspecified atom stereocenters. The third-order valence-electron chi connectivity index (χ3n) is 4.15. The molecule has 27 heavy (non-hydrogen) atoms. The van der Waals surface area contributed by atoms with Crippen LogP contribution in [-0.2, 0) is 15.0 Å². The summed E-state index contributed by atoms with van der Waals surface area (Å²) in [6.07, 6.45) is 3.85. The van der Waals surface area contributed by atoms with Crippen LogP contribution in [-0.4, -0.2) is 49.9 Å². The van der Waals surface area contributed by atoms with Crippen molar-refractivity contribution in [1.82, 2.24) is 14.9 Å². The molecule has 0 aromatic heterocycles. The molecule has 3 rings (SSSR count). The van der Waals surface area contributed by atoms with E-state index in [2.05, 4.69) is 5.32 Å². The van der Waals surface area contributed by atoms with Gasteiger partial charge in [-0.15, -0.1) is 0 Å². The Morgan fingerprint density at radius 3 is 2.78 bits per heavy atom. The number of carbonyl (C=O) groups excluding carboxylic acids is 1. The molecule has 0 radical (unpaired) electrons. The number of amides is 1. The Bertz CT molecular complexity index is 1000. The second kappa shape index (κ2) is 6.76. The lowest BCUT2D eigenvalue weighted by atomic mass is 9.99. The van der Waals surface area contributed by atoms with Crippen LogP contribution >= 0.6 is 0 Å². The summed E-state index contributed by atoms with van der Waals surface area (Å²) in [5, 5.41) is 28.6. The van der Waals surface area contributed by atoms with Gasteiger partial charge in [0.05, 0.1) is 0 Å². The number of phenols is 1. The molecule has 2 aliphatic heterocycles. The van der Waals surface area contributed by atoms with E-state index in [1.54, 1.807) is 17.0 Å². The number of hydrogen-bond acceptors (Lipinski definition) is 6. The molecule has 12 heteroatoms. The lowest BCUT2D eigenvalue weighted by Gasteiger charge is -2.29. The Balaban J connectivity index is 1.99. The fourth-order valence-corrected chi connectivity index (χ4v) is 4.11. The maximum atomic E-state index is 15.1. The van der Waals surface area contributed by atoms with E-state index in [1.807, 2.05) is 0 Å². The molecule has 2 heterocycles. The maximum Gasteiger partial charge on any atom is 0.326 e. The zero-order chi connectivity index (χ0) is 19.8. The number of phenolic OH excluding ortho intramolecular Hbond substituents is 1. The second-order valence-corrected chi connectivity index (χ2v) is 7.45. The van der Waals surface area contributed by atoms with Crippen LogP contribution in [0.1, 0.15) is 12.0 Å². The summed E-state index contributed by atoms with van der Waals surface area (Å²) in [5.74, 6) is -2.59. The molecular weight excluding hydrogens is 379 g/mol. The van der Waals surface area contributed by atoms with E-state index in [0.717, 1.165) is 6.07 Å². The van der Waals surface area contributed by atoms with Gasteiger partial charge in [-0.05, 0) is 24.1 Å². The number of guanidine groups is 1. The summed E-state index contributed by atoms with van der Waals surface area (Å²) >= 11 is 0. The van der Waals surface area contributed by atoms with Gasteiger partial charge in [-0.2, -0.15) is 13.7 Å². The molecule has 1 amide bonds. The highest BCUT2D eigenvalue weighted by molar-refractivity contribution is 7.92. The van der Waals surface area contributed by atoms with Crippen molar-refractivity contribution in [2.75, 3.05) is 23.9 Å². The van der Waals surface area contributed by atoms with Gasteiger partial charge in [0.2, 0.25) is 5.96 Å². The highest BCUT2D eigenvalue weighted by Gasteiger charge is 2.38. The average Bonchev–Trinajstić information content (AvgIpc) is 2.87. The first-order valence-corrected chi connectivity index (χ1v) is 9.21. The standard InChI is InChI=1S/C15H15FN6O4S/c16-13-10(9-2-1-5-21(6-9)15(18)19-8-17)3-4-11(23)14(13)22-7-12(24)20-27(22,25)26/h2-4,23H,1,5-7H2,(H2,18,19)(H,20,24). The third kappa shape index (κ3) is 3.36. The van der Waals surface area contributed by atoms with Gasteiger partial charge < -0.3 is 10.0 Å². The Morgan fingerprint density at radius 1 is 1.41 bits per heavy atom. The number of hydrogen-bond donors (Lipinski definition) is 4. The SMILES string of the molecule is N#CNC(=N)N1CCC=C(c2ccc(O)c(N3CC(=O)NS3(=O)=O)c2F)C1. The molecular formula is C15H15FN6O4S. The Kier molecular flexibility index (Phi) is 4.63. The van der Waals surface area contributed by atoms with Crippen molar-refractivity contribution in [2.24, 2.45) is 0 Å². The van der Waals surface area contributed by atoms with Gasteiger partial charge in [0.25, 0.3) is 5.91 Å². The molecule has 0 spiro atoms.